The van der Waals surface area contributed by atoms with Gasteiger partial charge in [-0.05, 0) is 50.5 Å². The van der Waals surface area contributed by atoms with Crippen LogP contribution in [0.1, 0.15) is 47.1 Å². The Balaban J connectivity index is 2.22. The van der Waals surface area contributed by atoms with E-state index in [0.29, 0.717) is 19.8 Å². The van der Waals surface area contributed by atoms with Gasteiger partial charge in [0.05, 0.1) is 25.9 Å². The molecular formula is C25H40O6Si. The Morgan fingerprint density at radius 3 is 2.44 bits per heavy atom. The molecule has 6 nitrogen and oxygen atoms in total. The molecule has 1 fully saturated rings. The molecule has 0 spiro atoms. The molecule has 0 saturated carbocycles. The first-order valence-corrected chi connectivity index (χ1v) is 14.3. The molecule has 0 radical (unpaired) electrons. The van der Waals surface area contributed by atoms with Gasteiger partial charge in [-0.25, -0.2) is 4.79 Å². The van der Waals surface area contributed by atoms with E-state index in [1.165, 1.54) is 6.08 Å². The van der Waals surface area contributed by atoms with E-state index >= 15 is 0 Å². The molecule has 1 aliphatic rings. The fourth-order valence-corrected chi connectivity index (χ4v) is 4.55. The summed E-state index contributed by atoms with van der Waals surface area (Å²) in [5.41, 5.74) is 1.10. The smallest absolute Gasteiger partial charge is 0.330 e. The van der Waals surface area contributed by atoms with Gasteiger partial charge in [0.1, 0.15) is 12.2 Å². The standard InChI is InChI=1S/C25H40O6Si/c1-9-28-22(26)16-15-20-23(30-25(5,6)29-20)21(31-32(7,8)24(2,3)4)18-27-17-19-13-11-10-12-14-19/h10-16,20-21,23H,9,17-18H2,1-8H3/b16-15+/t20-,21-,23-/m0/s1. The van der Waals surface area contributed by atoms with E-state index in [9.17, 15) is 4.79 Å². The van der Waals surface area contributed by atoms with Gasteiger partial charge in [-0.2, -0.15) is 0 Å². The lowest BCUT2D eigenvalue weighted by atomic mass is 10.1. The Bertz CT molecular complexity index is 753. The van der Waals surface area contributed by atoms with E-state index < -0.39 is 32.3 Å². The molecule has 3 atom stereocenters. The maximum absolute atomic E-state index is 11.9. The number of carbonyl (C=O) groups excluding carboxylic acids is 1. The lowest BCUT2D eigenvalue weighted by molar-refractivity contribution is -0.156. The number of esters is 1. The van der Waals surface area contributed by atoms with Gasteiger partial charge in [-0.15, -0.1) is 0 Å². The third kappa shape index (κ3) is 7.81. The summed E-state index contributed by atoms with van der Waals surface area (Å²) < 4.78 is 30.2. The predicted molar refractivity (Wildman–Crippen MR) is 128 cm³/mol. The topological polar surface area (TPSA) is 63.2 Å². The zero-order chi connectivity index (χ0) is 24.0. The van der Waals surface area contributed by atoms with E-state index in [1.54, 1.807) is 13.0 Å². The van der Waals surface area contributed by atoms with Crippen LogP contribution in [0, 0.1) is 0 Å². The van der Waals surface area contributed by atoms with E-state index in [-0.39, 0.29) is 11.1 Å². The molecule has 0 bridgehead atoms. The predicted octanol–water partition coefficient (Wildman–Crippen LogP) is 5.23. The van der Waals surface area contributed by atoms with Crippen molar-refractivity contribution in [3.8, 4) is 0 Å². The summed E-state index contributed by atoms with van der Waals surface area (Å²) in [6, 6.07) is 10.0. The largest absolute Gasteiger partial charge is 0.463 e. The van der Waals surface area contributed by atoms with E-state index in [0.717, 1.165) is 5.56 Å². The summed E-state index contributed by atoms with van der Waals surface area (Å²) in [5.74, 6) is -1.20. The summed E-state index contributed by atoms with van der Waals surface area (Å²) in [6.07, 6.45) is 1.89. The highest BCUT2D eigenvalue weighted by Crippen LogP contribution is 2.40. The molecule has 2 rings (SSSR count). The fourth-order valence-electron chi connectivity index (χ4n) is 3.24. The summed E-state index contributed by atoms with van der Waals surface area (Å²) in [6.45, 7) is 17.7. The first-order valence-electron chi connectivity index (χ1n) is 11.3. The lowest BCUT2D eigenvalue weighted by Gasteiger charge is -2.41. The Kier molecular flexibility index (Phi) is 9.25. The number of ether oxygens (including phenoxy) is 4. The van der Waals surface area contributed by atoms with E-state index in [2.05, 4.69) is 33.9 Å². The SMILES string of the molecule is CCOC(=O)/C=C/[C@@H]1OC(C)(C)O[C@@H]1[C@H](COCc1ccccc1)O[Si](C)(C)C(C)(C)C. The molecule has 0 N–H and O–H groups in total. The Labute approximate surface area is 194 Å². The molecular weight excluding hydrogens is 424 g/mol. The van der Waals surface area contributed by atoms with Crippen LogP contribution in [-0.4, -0.2) is 51.6 Å². The van der Waals surface area contributed by atoms with Crippen molar-refractivity contribution in [3.05, 3.63) is 48.0 Å². The molecule has 1 aromatic rings. The zero-order valence-electron chi connectivity index (χ0n) is 20.8. The molecule has 180 valence electrons. The normalized spacial score (nSPS) is 22.2. The highest BCUT2D eigenvalue weighted by Gasteiger charge is 2.48. The Hall–Kier alpha value is -1.51. The first-order chi connectivity index (χ1) is 14.8. The van der Waals surface area contributed by atoms with Crippen LogP contribution in [0.3, 0.4) is 0 Å². The zero-order valence-corrected chi connectivity index (χ0v) is 21.8. The molecule has 7 heteroatoms. The third-order valence-corrected chi connectivity index (χ3v) is 10.4. The van der Waals surface area contributed by atoms with Crippen molar-refractivity contribution in [3.63, 3.8) is 0 Å². The molecule has 1 aliphatic heterocycles. The van der Waals surface area contributed by atoms with Crippen molar-refractivity contribution in [2.24, 2.45) is 0 Å². The highest BCUT2D eigenvalue weighted by molar-refractivity contribution is 6.74. The fraction of sp³-hybridized carbons (Fsp3) is 0.640. The number of rotatable bonds is 10. The van der Waals surface area contributed by atoms with Crippen molar-refractivity contribution in [2.75, 3.05) is 13.2 Å². The van der Waals surface area contributed by atoms with Crippen LogP contribution in [0.25, 0.3) is 0 Å². The van der Waals surface area contributed by atoms with Gasteiger partial charge in [0.15, 0.2) is 14.1 Å². The second kappa shape index (κ2) is 11.1. The van der Waals surface area contributed by atoms with Crippen molar-refractivity contribution in [2.45, 2.75) is 90.4 Å². The van der Waals surface area contributed by atoms with Crippen LogP contribution in [0.5, 0.6) is 0 Å². The average Bonchev–Trinajstić information content (AvgIpc) is 3.00. The second-order valence-corrected chi connectivity index (χ2v) is 14.8. The summed E-state index contributed by atoms with van der Waals surface area (Å²) in [5, 5.41) is 0.0237. The summed E-state index contributed by atoms with van der Waals surface area (Å²) >= 11 is 0. The minimum Gasteiger partial charge on any atom is -0.463 e. The maximum Gasteiger partial charge on any atom is 0.330 e. The van der Waals surface area contributed by atoms with Gasteiger partial charge in [-0.3, -0.25) is 0 Å². The lowest BCUT2D eigenvalue weighted by Crippen LogP contribution is -2.50. The van der Waals surface area contributed by atoms with Crippen molar-refractivity contribution >= 4 is 14.3 Å². The number of hydrogen-bond donors (Lipinski definition) is 0. The summed E-state index contributed by atoms with van der Waals surface area (Å²) in [4.78, 5) is 11.9. The van der Waals surface area contributed by atoms with Crippen LogP contribution in [0.2, 0.25) is 18.1 Å². The van der Waals surface area contributed by atoms with Crippen LogP contribution in [0.4, 0.5) is 0 Å². The second-order valence-electron chi connectivity index (χ2n) is 10.1. The van der Waals surface area contributed by atoms with E-state index in [4.69, 9.17) is 23.4 Å². The average molecular weight is 465 g/mol. The number of hydrogen-bond acceptors (Lipinski definition) is 6. The van der Waals surface area contributed by atoms with Gasteiger partial charge in [0, 0.05) is 6.08 Å². The molecule has 0 unspecified atom stereocenters. The molecule has 0 aliphatic carbocycles. The molecule has 0 amide bonds. The highest BCUT2D eigenvalue weighted by atomic mass is 28.4. The van der Waals surface area contributed by atoms with Gasteiger partial charge in [-0.1, -0.05) is 51.1 Å². The Morgan fingerprint density at radius 2 is 1.84 bits per heavy atom. The maximum atomic E-state index is 11.9. The van der Waals surface area contributed by atoms with Gasteiger partial charge < -0.3 is 23.4 Å². The first kappa shape index (κ1) is 26.7. The van der Waals surface area contributed by atoms with Gasteiger partial charge in [0.2, 0.25) is 0 Å². The number of carbonyl (C=O) groups is 1. The van der Waals surface area contributed by atoms with Crippen molar-refractivity contribution < 1.29 is 28.2 Å². The monoisotopic (exact) mass is 464 g/mol. The van der Waals surface area contributed by atoms with E-state index in [1.807, 2.05) is 44.2 Å². The van der Waals surface area contributed by atoms with Crippen molar-refractivity contribution in [1.29, 1.82) is 0 Å². The third-order valence-electron chi connectivity index (χ3n) is 5.88. The minimum atomic E-state index is -2.13. The van der Waals surface area contributed by atoms with Crippen LogP contribution >= 0.6 is 0 Å². The molecule has 0 aromatic heterocycles. The van der Waals surface area contributed by atoms with Crippen LogP contribution < -0.4 is 0 Å². The minimum absolute atomic E-state index is 0.0237. The quantitative estimate of drug-likeness (QED) is 0.268. The molecule has 32 heavy (non-hydrogen) atoms. The van der Waals surface area contributed by atoms with Gasteiger partial charge in [0.25, 0.3) is 0 Å². The number of benzene rings is 1. The van der Waals surface area contributed by atoms with Crippen LogP contribution in [-0.2, 0) is 34.8 Å². The van der Waals surface area contributed by atoms with Gasteiger partial charge >= 0.3 is 5.97 Å². The van der Waals surface area contributed by atoms with Crippen molar-refractivity contribution in [1.82, 2.24) is 0 Å². The molecule has 1 aromatic carbocycles. The molecule has 1 heterocycles. The molecule has 1 saturated heterocycles. The Morgan fingerprint density at radius 1 is 1.19 bits per heavy atom. The summed E-state index contributed by atoms with van der Waals surface area (Å²) in [7, 11) is -2.13. The van der Waals surface area contributed by atoms with Crippen LogP contribution in [0.15, 0.2) is 42.5 Å².